The van der Waals surface area contributed by atoms with Crippen molar-refractivity contribution < 1.29 is 19.2 Å². The summed E-state index contributed by atoms with van der Waals surface area (Å²) in [4.78, 5) is 20.4. The Morgan fingerprint density at radius 2 is 2.20 bits per heavy atom. The van der Waals surface area contributed by atoms with Gasteiger partial charge in [-0.3, -0.25) is 14.9 Å². The van der Waals surface area contributed by atoms with Crippen molar-refractivity contribution in [2.45, 2.75) is 0 Å². The van der Waals surface area contributed by atoms with E-state index in [9.17, 15) is 19.3 Å². The molecule has 1 N–H and O–H groups in total. The molecule has 0 aliphatic rings. The number of ketones is 1. The Kier molecular flexibility index (Phi) is 3.21. The van der Waals surface area contributed by atoms with Gasteiger partial charge in [-0.05, 0) is 6.07 Å². The summed E-state index contributed by atoms with van der Waals surface area (Å²) in [5.74, 6) is -3.19. The third-order valence-corrected chi connectivity index (χ3v) is 1.90. The number of rotatable bonds is 3. The predicted octanol–water partition coefficient (Wildman–Crippen LogP) is 1.86. The number of carbonyl (C=O) groups excluding carboxylic acids is 1. The Balaban J connectivity index is 3.41. The summed E-state index contributed by atoms with van der Waals surface area (Å²) >= 11 is 5.18. The SMILES string of the molecule is O=C(CCl)c1cc(O)cc([N+](=O)[O-])c1F. The minimum atomic E-state index is -1.29. The molecule has 0 fully saturated rings. The van der Waals surface area contributed by atoms with Gasteiger partial charge in [0.15, 0.2) is 5.78 Å². The van der Waals surface area contributed by atoms with Crippen LogP contribution in [0.4, 0.5) is 10.1 Å². The van der Waals surface area contributed by atoms with Gasteiger partial charge >= 0.3 is 5.69 Å². The number of carbonyl (C=O) groups is 1. The zero-order valence-corrected chi connectivity index (χ0v) is 7.99. The molecule has 0 saturated carbocycles. The minimum absolute atomic E-state index is 0.516. The molecule has 7 heteroatoms. The molecule has 0 saturated heterocycles. The minimum Gasteiger partial charge on any atom is -0.508 e. The third-order valence-electron chi connectivity index (χ3n) is 1.66. The van der Waals surface area contributed by atoms with E-state index < -0.39 is 39.4 Å². The Hall–Kier alpha value is -1.69. The van der Waals surface area contributed by atoms with E-state index in [-0.39, 0.29) is 0 Å². The van der Waals surface area contributed by atoms with Crippen molar-refractivity contribution in [3.63, 3.8) is 0 Å². The van der Waals surface area contributed by atoms with Crippen molar-refractivity contribution in [2.75, 3.05) is 5.88 Å². The number of hydrogen-bond donors (Lipinski definition) is 1. The van der Waals surface area contributed by atoms with Gasteiger partial charge in [0.25, 0.3) is 0 Å². The number of aromatic hydroxyl groups is 1. The molecule has 0 unspecified atom stereocenters. The van der Waals surface area contributed by atoms with Gasteiger partial charge in [-0.1, -0.05) is 0 Å². The quantitative estimate of drug-likeness (QED) is 0.374. The van der Waals surface area contributed by atoms with E-state index in [0.717, 1.165) is 6.07 Å². The molecule has 0 atom stereocenters. The van der Waals surface area contributed by atoms with Crippen molar-refractivity contribution in [2.24, 2.45) is 0 Å². The highest BCUT2D eigenvalue weighted by molar-refractivity contribution is 6.30. The van der Waals surface area contributed by atoms with Gasteiger partial charge in [0, 0.05) is 0 Å². The fourth-order valence-electron chi connectivity index (χ4n) is 1.00. The second kappa shape index (κ2) is 4.22. The van der Waals surface area contributed by atoms with Gasteiger partial charge in [0.05, 0.1) is 22.4 Å². The van der Waals surface area contributed by atoms with Gasteiger partial charge in [-0.15, -0.1) is 11.6 Å². The number of benzene rings is 1. The maximum atomic E-state index is 13.3. The zero-order valence-electron chi connectivity index (χ0n) is 7.24. The normalized spacial score (nSPS) is 10.0. The maximum Gasteiger partial charge on any atom is 0.309 e. The van der Waals surface area contributed by atoms with E-state index in [1.165, 1.54) is 0 Å². The highest BCUT2D eigenvalue weighted by Crippen LogP contribution is 2.26. The molecule has 15 heavy (non-hydrogen) atoms. The Morgan fingerprint density at radius 3 is 2.67 bits per heavy atom. The first-order valence-corrected chi connectivity index (χ1v) is 4.27. The summed E-state index contributed by atoms with van der Waals surface area (Å²) in [6, 6.07) is 1.42. The number of nitro groups is 1. The molecule has 0 heterocycles. The Morgan fingerprint density at radius 1 is 1.60 bits per heavy atom. The lowest BCUT2D eigenvalue weighted by atomic mass is 10.1. The summed E-state index contributed by atoms with van der Waals surface area (Å²) in [7, 11) is 0. The monoisotopic (exact) mass is 233 g/mol. The molecule has 0 bridgehead atoms. The Labute approximate surface area is 88.2 Å². The fraction of sp³-hybridized carbons (Fsp3) is 0.125. The number of hydrogen-bond acceptors (Lipinski definition) is 4. The lowest BCUT2D eigenvalue weighted by Crippen LogP contribution is -2.06. The summed E-state index contributed by atoms with van der Waals surface area (Å²) < 4.78 is 13.3. The van der Waals surface area contributed by atoms with Crippen LogP contribution in [0.1, 0.15) is 10.4 Å². The van der Waals surface area contributed by atoms with Crippen molar-refractivity contribution in [1.82, 2.24) is 0 Å². The largest absolute Gasteiger partial charge is 0.508 e. The van der Waals surface area contributed by atoms with Gasteiger partial charge < -0.3 is 5.11 Å². The zero-order chi connectivity index (χ0) is 11.6. The van der Waals surface area contributed by atoms with Crippen molar-refractivity contribution >= 4 is 23.1 Å². The molecule has 0 amide bonds. The van der Waals surface area contributed by atoms with Crippen LogP contribution in [0, 0.1) is 15.9 Å². The average molecular weight is 234 g/mol. The first kappa shape index (κ1) is 11.4. The molecule has 1 rings (SSSR count). The topological polar surface area (TPSA) is 80.4 Å². The fourth-order valence-corrected chi connectivity index (χ4v) is 1.15. The van der Waals surface area contributed by atoms with E-state index in [2.05, 4.69) is 0 Å². The van der Waals surface area contributed by atoms with Crippen molar-refractivity contribution in [3.05, 3.63) is 33.6 Å². The van der Waals surface area contributed by atoms with Crippen LogP contribution in [-0.4, -0.2) is 21.7 Å². The highest BCUT2D eigenvalue weighted by atomic mass is 35.5. The predicted molar refractivity (Wildman–Crippen MR) is 49.8 cm³/mol. The van der Waals surface area contributed by atoms with Gasteiger partial charge in [0.1, 0.15) is 5.75 Å². The van der Waals surface area contributed by atoms with E-state index in [1.807, 2.05) is 0 Å². The second-order valence-electron chi connectivity index (χ2n) is 2.64. The number of alkyl halides is 1. The van der Waals surface area contributed by atoms with Crippen LogP contribution in [0.3, 0.4) is 0 Å². The molecule has 0 aliphatic carbocycles. The first-order chi connectivity index (χ1) is 6.97. The van der Waals surface area contributed by atoms with E-state index in [1.54, 1.807) is 0 Å². The summed E-state index contributed by atoms with van der Waals surface area (Å²) in [6.07, 6.45) is 0. The van der Waals surface area contributed by atoms with Crippen LogP contribution in [0.25, 0.3) is 0 Å². The summed E-state index contributed by atoms with van der Waals surface area (Å²) in [5, 5.41) is 19.4. The number of nitrogens with zero attached hydrogens (tertiary/aromatic N) is 1. The Bertz CT molecular complexity index is 435. The van der Waals surface area contributed by atoms with Crippen LogP contribution in [-0.2, 0) is 0 Å². The van der Waals surface area contributed by atoms with Crippen LogP contribution in [0.15, 0.2) is 12.1 Å². The molecule has 0 spiro atoms. The lowest BCUT2D eigenvalue weighted by Gasteiger charge is -2.01. The van der Waals surface area contributed by atoms with Crippen LogP contribution >= 0.6 is 11.6 Å². The molecular weight excluding hydrogens is 229 g/mol. The maximum absolute atomic E-state index is 13.3. The number of phenols is 1. The molecular formula is C8H5ClFNO4. The van der Waals surface area contributed by atoms with Crippen molar-refractivity contribution in [3.8, 4) is 5.75 Å². The summed E-state index contributed by atoms with van der Waals surface area (Å²) in [5.41, 5.74) is -1.54. The second-order valence-corrected chi connectivity index (χ2v) is 2.91. The first-order valence-electron chi connectivity index (χ1n) is 3.73. The molecule has 0 radical (unpaired) electrons. The molecule has 5 nitrogen and oxygen atoms in total. The summed E-state index contributed by atoms with van der Waals surface area (Å²) in [6.45, 7) is 0. The van der Waals surface area contributed by atoms with Crippen LogP contribution in [0.5, 0.6) is 5.75 Å². The molecule has 80 valence electrons. The van der Waals surface area contributed by atoms with E-state index >= 15 is 0 Å². The molecule has 1 aromatic rings. The number of Topliss-reactive ketones (excluding diaryl/α,β-unsaturated/α-hetero) is 1. The lowest BCUT2D eigenvalue weighted by molar-refractivity contribution is -0.387. The number of phenolic OH excluding ortho intramolecular Hbond substituents is 1. The highest BCUT2D eigenvalue weighted by Gasteiger charge is 2.23. The average Bonchev–Trinajstić information content (AvgIpc) is 2.19. The van der Waals surface area contributed by atoms with E-state index in [4.69, 9.17) is 16.7 Å². The standard InChI is InChI=1S/C8H5ClFNO4/c9-3-7(13)5-1-4(12)2-6(8(5)10)11(14)15/h1-2,12H,3H2. The smallest absolute Gasteiger partial charge is 0.309 e. The van der Waals surface area contributed by atoms with Gasteiger partial charge in [0.2, 0.25) is 5.82 Å². The number of nitro benzene ring substituents is 1. The van der Waals surface area contributed by atoms with Crippen molar-refractivity contribution in [1.29, 1.82) is 0 Å². The molecule has 1 aromatic carbocycles. The third kappa shape index (κ3) is 2.21. The molecule has 0 aliphatic heterocycles. The van der Waals surface area contributed by atoms with Gasteiger partial charge in [-0.25, -0.2) is 0 Å². The number of halogens is 2. The van der Waals surface area contributed by atoms with Crippen LogP contribution < -0.4 is 0 Å². The molecule has 0 aromatic heterocycles. The van der Waals surface area contributed by atoms with Gasteiger partial charge in [-0.2, -0.15) is 4.39 Å². The van der Waals surface area contributed by atoms with E-state index in [0.29, 0.717) is 6.07 Å². The van der Waals surface area contributed by atoms with Crippen LogP contribution in [0.2, 0.25) is 0 Å².